The SMILES string of the molecule is [C-]#[N+]C[C@H]1CN(c2nc(OCCOC3CC3)nc3c2CCN(c2cccc4cccc(C)c24)C3)CCN1C(=O)C=C. The highest BCUT2D eigenvalue weighted by molar-refractivity contribution is 5.97. The molecule has 0 unspecified atom stereocenters. The van der Waals surface area contributed by atoms with Gasteiger partial charge in [-0.2, -0.15) is 9.97 Å². The summed E-state index contributed by atoms with van der Waals surface area (Å²) in [6.45, 7) is 17.6. The van der Waals surface area contributed by atoms with Crippen molar-refractivity contribution >= 4 is 28.2 Å². The van der Waals surface area contributed by atoms with E-state index < -0.39 is 0 Å². The maximum atomic E-state index is 12.5. The number of amides is 1. The lowest BCUT2D eigenvalue weighted by Crippen LogP contribution is -2.56. The fourth-order valence-electron chi connectivity index (χ4n) is 5.99. The zero-order valence-corrected chi connectivity index (χ0v) is 23.6. The van der Waals surface area contributed by atoms with E-state index in [-0.39, 0.29) is 18.5 Å². The minimum Gasteiger partial charge on any atom is -0.461 e. The second kappa shape index (κ2) is 11.8. The quantitative estimate of drug-likeness (QED) is 0.224. The molecule has 1 aromatic heterocycles. The Kier molecular flexibility index (Phi) is 7.75. The van der Waals surface area contributed by atoms with Crippen LogP contribution in [0.15, 0.2) is 49.1 Å². The molecular formula is C32H36N6O3. The van der Waals surface area contributed by atoms with Crippen LogP contribution in [0.3, 0.4) is 0 Å². The van der Waals surface area contributed by atoms with E-state index in [0.29, 0.717) is 51.5 Å². The van der Waals surface area contributed by atoms with Crippen molar-refractivity contribution in [3.05, 3.63) is 77.3 Å². The third kappa shape index (κ3) is 5.70. The molecule has 9 nitrogen and oxygen atoms in total. The zero-order chi connectivity index (χ0) is 28.3. The first-order valence-corrected chi connectivity index (χ1v) is 14.4. The number of hydrogen-bond acceptors (Lipinski definition) is 7. The number of hydrogen-bond donors (Lipinski definition) is 0. The summed E-state index contributed by atoms with van der Waals surface area (Å²) in [4.78, 5) is 32.3. The Bertz CT molecular complexity index is 1490. The molecule has 3 aromatic rings. The van der Waals surface area contributed by atoms with Gasteiger partial charge in [0.2, 0.25) is 12.5 Å². The molecule has 0 spiro atoms. The summed E-state index contributed by atoms with van der Waals surface area (Å²) in [7, 11) is 0. The zero-order valence-electron chi connectivity index (χ0n) is 23.6. The molecule has 212 valence electrons. The maximum absolute atomic E-state index is 12.5. The van der Waals surface area contributed by atoms with Gasteiger partial charge in [0.05, 0.1) is 24.9 Å². The highest BCUT2D eigenvalue weighted by Gasteiger charge is 2.35. The summed E-state index contributed by atoms with van der Waals surface area (Å²) in [5.41, 5.74) is 4.53. The lowest BCUT2D eigenvalue weighted by molar-refractivity contribution is -0.128. The van der Waals surface area contributed by atoms with Gasteiger partial charge in [-0.25, -0.2) is 6.57 Å². The molecule has 3 aliphatic rings. The molecule has 0 bridgehead atoms. The highest BCUT2D eigenvalue weighted by atomic mass is 16.5. The van der Waals surface area contributed by atoms with Crippen LogP contribution in [-0.4, -0.2) is 78.9 Å². The minimum atomic E-state index is -0.229. The lowest BCUT2D eigenvalue weighted by Gasteiger charge is -2.41. The number of ether oxygens (including phenoxy) is 2. The smallest absolute Gasteiger partial charge is 0.318 e. The molecule has 41 heavy (non-hydrogen) atoms. The van der Waals surface area contributed by atoms with E-state index >= 15 is 0 Å². The number of rotatable bonds is 9. The van der Waals surface area contributed by atoms with Gasteiger partial charge in [-0.3, -0.25) is 4.79 Å². The van der Waals surface area contributed by atoms with E-state index in [2.05, 4.69) is 64.5 Å². The topological polar surface area (TPSA) is 75.4 Å². The first-order chi connectivity index (χ1) is 20.1. The van der Waals surface area contributed by atoms with Crippen LogP contribution in [0.5, 0.6) is 6.01 Å². The van der Waals surface area contributed by atoms with Crippen molar-refractivity contribution in [2.24, 2.45) is 0 Å². The number of carbonyl (C=O) groups is 1. The lowest BCUT2D eigenvalue weighted by atomic mass is 9.99. The predicted molar refractivity (Wildman–Crippen MR) is 159 cm³/mol. The van der Waals surface area contributed by atoms with Crippen molar-refractivity contribution in [3.8, 4) is 6.01 Å². The summed E-state index contributed by atoms with van der Waals surface area (Å²) in [6.07, 6.45) is 4.73. The van der Waals surface area contributed by atoms with Crippen molar-refractivity contribution in [1.82, 2.24) is 14.9 Å². The van der Waals surface area contributed by atoms with Gasteiger partial charge in [-0.05, 0) is 49.3 Å². The minimum absolute atomic E-state index is 0.135. The molecule has 1 amide bonds. The van der Waals surface area contributed by atoms with Crippen LogP contribution in [0.25, 0.3) is 15.6 Å². The number of benzene rings is 2. The van der Waals surface area contributed by atoms with Crippen molar-refractivity contribution in [1.29, 1.82) is 0 Å². The molecule has 1 atom stereocenters. The van der Waals surface area contributed by atoms with Crippen LogP contribution < -0.4 is 14.5 Å². The summed E-state index contributed by atoms with van der Waals surface area (Å²) < 4.78 is 11.8. The van der Waals surface area contributed by atoms with Crippen LogP contribution in [0.2, 0.25) is 0 Å². The summed E-state index contributed by atoms with van der Waals surface area (Å²) in [6, 6.07) is 13.0. The first-order valence-electron chi connectivity index (χ1n) is 14.4. The van der Waals surface area contributed by atoms with Crippen molar-refractivity contribution in [2.75, 3.05) is 55.7 Å². The second-order valence-corrected chi connectivity index (χ2v) is 11.0. The van der Waals surface area contributed by atoms with Crippen LogP contribution in [-0.2, 0) is 22.5 Å². The molecule has 1 saturated heterocycles. The van der Waals surface area contributed by atoms with Gasteiger partial charge in [-0.15, -0.1) is 0 Å². The largest absolute Gasteiger partial charge is 0.461 e. The van der Waals surface area contributed by atoms with Crippen LogP contribution in [0, 0.1) is 13.5 Å². The van der Waals surface area contributed by atoms with Gasteiger partial charge in [0, 0.05) is 42.8 Å². The normalized spacial score (nSPS) is 18.6. The summed E-state index contributed by atoms with van der Waals surface area (Å²) in [5, 5.41) is 2.50. The Morgan fingerprint density at radius 2 is 1.95 bits per heavy atom. The molecule has 1 aliphatic carbocycles. The Morgan fingerprint density at radius 1 is 1.12 bits per heavy atom. The second-order valence-electron chi connectivity index (χ2n) is 11.0. The number of anilines is 2. The number of carbonyl (C=O) groups excluding carboxylic acids is 1. The number of aromatic nitrogens is 2. The van der Waals surface area contributed by atoms with E-state index in [1.165, 1.54) is 28.1 Å². The third-order valence-electron chi connectivity index (χ3n) is 8.19. The Morgan fingerprint density at radius 3 is 2.73 bits per heavy atom. The number of nitrogens with zero attached hydrogens (tertiary/aromatic N) is 6. The summed E-state index contributed by atoms with van der Waals surface area (Å²) >= 11 is 0. The molecule has 0 radical (unpaired) electrons. The van der Waals surface area contributed by atoms with Crippen LogP contribution in [0.4, 0.5) is 11.5 Å². The summed E-state index contributed by atoms with van der Waals surface area (Å²) in [5.74, 6) is 0.714. The van der Waals surface area contributed by atoms with Gasteiger partial charge < -0.3 is 29.0 Å². The average Bonchev–Trinajstić information content (AvgIpc) is 3.83. The third-order valence-corrected chi connectivity index (χ3v) is 8.19. The Balaban J connectivity index is 1.31. The van der Waals surface area contributed by atoms with Crippen molar-refractivity contribution in [2.45, 2.75) is 44.9 Å². The highest BCUT2D eigenvalue weighted by Crippen LogP contribution is 2.36. The molecule has 0 N–H and O–H groups in total. The van der Waals surface area contributed by atoms with Crippen molar-refractivity contribution in [3.63, 3.8) is 0 Å². The van der Waals surface area contributed by atoms with E-state index in [4.69, 9.17) is 26.0 Å². The van der Waals surface area contributed by atoms with Gasteiger partial charge >= 0.3 is 6.01 Å². The molecular weight excluding hydrogens is 516 g/mol. The van der Waals surface area contributed by atoms with E-state index in [1.807, 2.05) is 0 Å². The molecule has 6 rings (SSSR count). The van der Waals surface area contributed by atoms with E-state index in [0.717, 1.165) is 42.9 Å². The van der Waals surface area contributed by atoms with Gasteiger partial charge in [0.1, 0.15) is 18.5 Å². The van der Waals surface area contributed by atoms with Crippen LogP contribution in [0.1, 0.15) is 29.7 Å². The van der Waals surface area contributed by atoms with Gasteiger partial charge in [0.25, 0.3) is 0 Å². The number of aryl methyl sites for hydroxylation is 1. The van der Waals surface area contributed by atoms with Gasteiger partial charge in [0.15, 0.2) is 0 Å². The predicted octanol–water partition coefficient (Wildman–Crippen LogP) is 4.18. The average molecular weight is 553 g/mol. The maximum Gasteiger partial charge on any atom is 0.318 e. The number of piperazine rings is 1. The fraction of sp³-hybridized carbons (Fsp3) is 0.438. The van der Waals surface area contributed by atoms with E-state index in [9.17, 15) is 4.79 Å². The molecule has 2 aliphatic heterocycles. The fourth-order valence-corrected chi connectivity index (χ4v) is 5.99. The number of fused-ring (bicyclic) bond motifs is 2. The molecule has 1 saturated carbocycles. The van der Waals surface area contributed by atoms with Gasteiger partial charge in [-0.1, -0.05) is 36.9 Å². The Hall–Kier alpha value is -4.16. The standard InChI is InChI=1S/C32H36N6O3/c1-4-29(39)38-16-15-37(20-24(38)19-33-3)31-26-13-14-36(28-10-6-9-23-8-5-7-22(2)30(23)28)21-27(26)34-32(35-31)41-18-17-40-25-11-12-25/h4-10,24-25H,1,11-21H2,2H3/t24-/m0/s1. The van der Waals surface area contributed by atoms with E-state index in [1.54, 1.807) is 4.90 Å². The molecule has 9 heteroatoms. The monoisotopic (exact) mass is 552 g/mol. The molecule has 3 heterocycles. The molecule has 2 aromatic carbocycles. The van der Waals surface area contributed by atoms with Crippen molar-refractivity contribution < 1.29 is 14.3 Å². The molecule has 2 fully saturated rings. The van der Waals surface area contributed by atoms with Crippen LogP contribution >= 0.6 is 0 Å². The Labute approximate surface area is 241 Å². The first kappa shape index (κ1) is 27.0.